The molecule has 0 spiro atoms. The van der Waals surface area contributed by atoms with Crippen LogP contribution in [-0.4, -0.2) is 42.5 Å². The Morgan fingerprint density at radius 1 is 1.23 bits per heavy atom. The van der Waals surface area contributed by atoms with E-state index in [0.717, 1.165) is 12.8 Å². The average molecular weight is 433 g/mol. The van der Waals surface area contributed by atoms with Gasteiger partial charge in [-0.25, -0.2) is 4.39 Å². The molecule has 1 saturated heterocycles. The minimum absolute atomic E-state index is 0.0765. The summed E-state index contributed by atoms with van der Waals surface area (Å²) >= 11 is 6.08. The summed E-state index contributed by atoms with van der Waals surface area (Å²) in [7, 11) is 0. The molecule has 2 amide bonds. The van der Waals surface area contributed by atoms with E-state index in [1.165, 1.54) is 18.2 Å². The molecular formula is C23H26ClFN2O3. The van der Waals surface area contributed by atoms with E-state index >= 15 is 0 Å². The van der Waals surface area contributed by atoms with Crippen molar-refractivity contribution in [1.82, 2.24) is 10.2 Å². The molecule has 1 aliphatic heterocycles. The molecule has 1 fully saturated rings. The zero-order valence-electron chi connectivity index (χ0n) is 17.2. The van der Waals surface area contributed by atoms with E-state index in [9.17, 15) is 14.0 Å². The molecule has 5 nitrogen and oxygen atoms in total. The quantitative estimate of drug-likeness (QED) is 0.728. The highest BCUT2D eigenvalue weighted by atomic mass is 35.5. The van der Waals surface area contributed by atoms with E-state index in [1.807, 2.05) is 13.8 Å². The Labute approximate surface area is 181 Å². The maximum absolute atomic E-state index is 13.5. The first-order valence-electron chi connectivity index (χ1n) is 10.1. The number of rotatable bonds is 6. The second-order valence-electron chi connectivity index (χ2n) is 7.85. The predicted octanol–water partition coefficient (Wildman–Crippen LogP) is 4.55. The third kappa shape index (κ3) is 5.72. The van der Waals surface area contributed by atoms with Crippen LogP contribution < -0.4 is 10.1 Å². The van der Waals surface area contributed by atoms with E-state index in [1.54, 1.807) is 29.2 Å². The lowest BCUT2D eigenvalue weighted by Crippen LogP contribution is -2.41. The lowest BCUT2D eigenvalue weighted by molar-refractivity contribution is 0.0633. The highest BCUT2D eigenvalue weighted by Crippen LogP contribution is 2.24. The molecule has 30 heavy (non-hydrogen) atoms. The topological polar surface area (TPSA) is 58.6 Å². The van der Waals surface area contributed by atoms with E-state index in [-0.39, 0.29) is 34.4 Å². The summed E-state index contributed by atoms with van der Waals surface area (Å²) in [6, 6.07) is 10.9. The molecular weight excluding hydrogens is 407 g/mol. The lowest BCUT2D eigenvalue weighted by atomic mass is 9.98. The first kappa shape index (κ1) is 22.1. The van der Waals surface area contributed by atoms with Gasteiger partial charge in [-0.3, -0.25) is 9.59 Å². The van der Waals surface area contributed by atoms with E-state index in [0.29, 0.717) is 31.0 Å². The molecule has 2 aromatic carbocycles. The van der Waals surface area contributed by atoms with Gasteiger partial charge in [0.2, 0.25) is 0 Å². The first-order valence-corrected chi connectivity index (χ1v) is 10.5. The van der Waals surface area contributed by atoms with Crippen molar-refractivity contribution in [1.29, 1.82) is 0 Å². The van der Waals surface area contributed by atoms with Gasteiger partial charge in [-0.1, -0.05) is 11.6 Å². The van der Waals surface area contributed by atoms with Gasteiger partial charge < -0.3 is 15.0 Å². The van der Waals surface area contributed by atoms with Crippen LogP contribution in [0.1, 0.15) is 47.4 Å². The third-order valence-electron chi connectivity index (χ3n) is 4.99. The van der Waals surface area contributed by atoms with Crippen molar-refractivity contribution < 1.29 is 18.7 Å². The fourth-order valence-corrected chi connectivity index (χ4v) is 3.68. The summed E-state index contributed by atoms with van der Waals surface area (Å²) in [6.45, 7) is 5.42. The van der Waals surface area contributed by atoms with Crippen LogP contribution in [0.4, 0.5) is 4.39 Å². The largest absolute Gasteiger partial charge is 0.493 e. The summed E-state index contributed by atoms with van der Waals surface area (Å²) < 4.78 is 19.4. The van der Waals surface area contributed by atoms with Crippen LogP contribution in [0.25, 0.3) is 0 Å². The summed E-state index contributed by atoms with van der Waals surface area (Å²) in [6.07, 6.45) is 1.79. The minimum atomic E-state index is -0.481. The molecule has 0 bridgehead atoms. The van der Waals surface area contributed by atoms with Crippen molar-refractivity contribution in [3.63, 3.8) is 0 Å². The van der Waals surface area contributed by atoms with Crippen LogP contribution in [0.15, 0.2) is 42.5 Å². The molecule has 1 atom stereocenters. The normalized spacial score (nSPS) is 16.4. The van der Waals surface area contributed by atoms with Gasteiger partial charge in [-0.15, -0.1) is 0 Å². The van der Waals surface area contributed by atoms with Crippen LogP contribution in [0.3, 0.4) is 0 Å². The van der Waals surface area contributed by atoms with Crippen LogP contribution in [0.5, 0.6) is 5.75 Å². The van der Waals surface area contributed by atoms with Crippen LogP contribution >= 0.6 is 11.6 Å². The van der Waals surface area contributed by atoms with Gasteiger partial charge in [0.25, 0.3) is 11.8 Å². The molecule has 7 heteroatoms. The number of hydrogen-bond acceptors (Lipinski definition) is 3. The van der Waals surface area contributed by atoms with E-state index < -0.39 is 5.82 Å². The molecule has 3 rings (SSSR count). The molecule has 0 saturated carbocycles. The number of likely N-dealkylation sites (tertiary alicyclic amines) is 1. The fourth-order valence-electron chi connectivity index (χ4n) is 3.48. The molecule has 160 valence electrons. The highest BCUT2D eigenvalue weighted by molar-refractivity contribution is 6.33. The molecule has 1 unspecified atom stereocenters. The fraction of sp³-hybridized carbons (Fsp3) is 0.391. The summed E-state index contributed by atoms with van der Waals surface area (Å²) in [4.78, 5) is 26.5. The Balaban J connectivity index is 1.56. The number of carbonyl (C=O) groups is 2. The van der Waals surface area contributed by atoms with Gasteiger partial charge in [0, 0.05) is 30.6 Å². The van der Waals surface area contributed by atoms with Crippen LogP contribution in [-0.2, 0) is 0 Å². The Morgan fingerprint density at radius 2 is 1.97 bits per heavy atom. The number of benzene rings is 2. The lowest BCUT2D eigenvalue weighted by Gasteiger charge is -2.33. The SMILES string of the molecule is CC(C)NC(=O)c1ccc(OCC2CCCN(C(=O)c3cc(F)ccc3Cl)C2)cc1. The number of amides is 2. The van der Waals surface area contributed by atoms with Crippen molar-refractivity contribution >= 4 is 23.4 Å². The second-order valence-corrected chi connectivity index (χ2v) is 8.25. The van der Waals surface area contributed by atoms with Crippen molar-refractivity contribution in [3.8, 4) is 5.75 Å². The Hall–Kier alpha value is -2.60. The van der Waals surface area contributed by atoms with Gasteiger partial charge >= 0.3 is 0 Å². The molecule has 0 radical (unpaired) electrons. The summed E-state index contributed by atoms with van der Waals surface area (Å²) in [5.41, 5.74) is 0.769. The number of piperidine rings is 1. The van der Waals surface area contributed by atoms with Crippen molar-refractivity contribution in [2.45, 2.75) is 32.7 Å². The third-order valence-corrected chi connectivity index (χ3v) is 5.32. The standard InChI is InChI=1S/C23H26ClFN2O3/c1-15(2)26-22(28)17-5-8-19(9-6-17)30-14-16-4-3-11-27(13-16)23(29)20-12-18(25)7-10-21(20)24/h5-10,12,15-16H,3-4,11,13-14H2,1-2H3,(H,26,28). The van der Waals surface area contributed by atoms with Crippen LogP contribution in [0, 0.1) is 11.7 Å². The van der Waals surface area contributed by atoms with E-state index in [4.69, 9.17) is 16.3 Å². The Kier molecular flexibility index (Phi) is 7.32. The summed E-state index contributed by atoms with van der Waals surface area (Å²) in [5, 5.41) is 3.10. The van der Waals surface area contributed by atoms with Gasteiger partial charge in [0.15, 0.2) is 0 Å². The average Bonchev–Trinajstić information content (AvgIpc) is 2.73. The molecule has 1 N–H and O–H groups in total. The van der Waals surface area contributed by atoms with Crippen molar-refractivity contribution in [2.24, 2.45) is 5.92 Å². The molecule has 1 heterocycles. The van der Waals surface area contributed by atoms with Crippen molar-refractivity contribution in [3.05, 3.63) is 64.4 Å². The van der Waals surface area contributed by atoms with Crippen molar-refractivity contribution in [2.75, 3.05) is 19.7 Å². The Bertz CT molecular complexity index is 902. The van der Waals surface area contributed by atoms with Gasteiger partial charge in [-0.05, 0) is 69.2 Å². The van der Waals surface area contributed by atoms with Gasteiger partial charge in [-0.2, -0.15) is 0 Å². The number of nitrogens with zero attached hydrogens (tertiary/aromatic N) is 1. The highest BCUT2D eigenvalue weighted by Gasteiger charge is 2.26. The predicted molar refractivity (Wildman–Crippen MR) is 115 cm³/mol. The Morgan fingerprint density at radius 3 is 2.67 bits per heavy atom. The maximum atomic E-state index is 13.5. The number of nitrogens with one attached hydrogen (secondary N) is 1. The number of halogens is 2. The van der Waals surface area contributed by atoms with E-state index in [2.05, 4.69) is 5.32 Å². The smallest absolute Gasteiger partial charge is 0.255 e. The maximum Gasteiger partial charge on any atom is 0.255 e. The number of carbonyl (C=O) groups excluding carboxylic acids is 2. The first-order chi connectivity index (χ1) is 14.3. The van der Waals surface area contributed by atoms with Gasteiger partial charge in [0.05, 0.1) is 17.2 Å². The summed E-state index contributed by atoms with van der Waals surface area (Å²) in [5.74, 6) is -0.0180. The minimum Gasteiger partial charge on any atom is -0.493 e. The second kappa shape index (κ2) is 9.94. The molecule has 0 aliphatic carbocycles. The molecule has 2 aromatic rings. The monoisotopic (exact) mass is 432 g/mol. The van der Waals surface area contributed by atoms with Crippen LogP contribution in [0.2, 0.25) is 5.02 Å². The zero-order chi connectivity index (χ0) is 21.7. The number of ether oxygens (including phenoxy) is 1. The molecule has 1 aliphatic rings. The van der Waals surface area contributed by atoms with Gasteiger partial charge in [0.1, 0.15) is 11.6 Å². The number of hydrogen-bond donors (Lipinski definition) is 1. The zero-order valence-corrected chi connectivity index (χ0v) is 17.9. The molecule has 0 aromatic heterocycles.